The van der Waals surface area contributed by atoms with Gasteiger partial charge in [0.1, 0.15) is 11.5 Å². The van der Waals surface area contributed by atoms with Gasteiger partial charge >= 0.3 is 0 Å². The number of phenols is 1. The third kappa shape index (κ3) is 4.84. The first-order chi connectivity index (χ1) is 14.3. The van der Waals surface area contributed by atoms with E-state index < -0.39 is 35.0 Å². The van der Waals surface area contributed by atoms with E-state index in [1.807, 2.05) is 0 Å². The van der Waals surface area contributed by atoms with Gasteiger partial charge in [-0.15, -0.1) is 0 Å². The number of piperidine rings is 1. The fourth-order valence-corrected chi connectivity index (χ4v) is 3.24. The van der Waals surface area contributed by atoms with Crippen molar-refractivity contribution in [1.82, 2.24) is 10.2 Å². The van der Waals surface area contributed by atoms with E-state index in [2.05, 4.69) is 5.32 Å². The van der Waals surface area contributed by atoms with Crippen molar-refractivity contribution in [3.63, 3.8) is 0 Å². The molecule has 1 fully saturated rings. The number of hydrogen-bond acceptors (Lipinski definition) is 4. The smallest absolute Gasteiger partial charge is 0.263 e. The van der Waals surface area contributed by atoms with Crippen LogP contribution in [0.25, 0.3) is 0 Å². The van der Waals surface area contributed by atoms with E-state index in [1.165, 1.54) is 12.1 Å². The van der Waals surface area contributed by atoms with E-state index in [-0.39, 0.29) is 17.7 Å². The Kier molecular flexibility index (Phi) is 6.49. The van der Waals surface area contributed by atoms with Crippen LogP contribution in [0, 0.1) is 17.5 Å². The van der Waals surface area contributed by atoms with Crippen LogP contribution < -0.4 is 10.1 Å². The number of ether oxygens (including phenoxy) is 1. The molecule has 1 unspecified atom stereocenters. The van der Waals surface area contributed by atoms with Crippen molar-refractivity contribution in [3.8, 4) is 11.5 Å². The molecule has 0 spiro atoms. The Hall–Kier alpha value is -3.23. The monoisotopic (exact) mass is 422 g/mol. The number of nitrogens with one attached hydrogen (secondary N) is 1. The van der Waals surface area contributed by atoms with E-state index in [0.29, 0.717) is 37.7 Å². The van der Waals surface area contributed by atoms with Crippen LogP contribution >= 0.6 is 0 Å². The molecule has 2 N–H and O–H groups in total. The number of benzene rings is 2. The quantitative estimate of drug-likeness (QED) is 0.727. The molecular weight excluding hydrogens is 401 g/mol. The zero-order valence-corrected chi connectivity index (χ0v) is 16.2. The zero-order valence-electron chi connectivity index (χ0n) is 16.2. The van der Waals surface area contributed by atoms with Gasteiger partial charge in [-0.1, -0.05) is 0 Å². The summed E-state index contributed by atoms with van der Waals surface area (Å²) in [5.74, 6) is -5.09. The molecule has 1 heterocycles. The van der Waals surface area contributed by atoms with Crippen molar-refractivity contribution >= 4 is 11.8 Å². The lowest BCUT2D eigenvalue weighted by Gasteiger charge is -2.33. The molecule has 2 amide bonds. The van der Waals surface area contributed by atoms with Gasteiger partial charge in [0.2, 0.25) is 0 Å². The van der Waals surface area contributed by atoms with E-state index in [0.717, 1.165) is 6.07 Å². The fraction of sp³-hybridized carbons (Fsp3) is 0.333. The van der Waals surface area contributed by atoms with Crippen molar-refractivity contribution < 1.29 is 32.6 Å². The van der Waals surface area contributed by atoms with Gasteiger partial charge < -0.3 is 20.1 Å². The van der Waals surface area contributed by atoms with Crippen molar-refractivity contribution in [3.05, 3.63) is 59.4 Å². The van der Waals surface area contributed by atoms with Crippen LogP contribution in [-0.4, -0.2) is 47.1 Å². The summed E-state index contributed by atoms with van der Waals surface area (Å²) in [5.41, 5.74) is -0.566. The van der Waals surface area contributed by atoms with Gasteiger partial charge in [0.15, 0.2) is 23.6 Å². The van der Waals surface area contributed by atoms with Gasteiger partial charge in [-0.05, 0) is 56.2 Å². The average molecular weight is 422 g/mol. The number of carbonyl (C=O) groups excluding carboxylic acids is 2. The highest BCUT2D eigenvalue weighted by Crippen LogP contribution is 2.20. The Morgan fingerprint density at radius 1 is 1.07 bits per heavy atom. The summed E-state index contributed by atoms with van der Waals surface area (Å²) < 4.78 is 45.7. The second-order valence-electron chi connectivity index (χ2n) is 7.05. The second kappa shape index (κ2) is 9.06. The summed E-state index contributed by atoms with van der Waals surface area (Å²) in [6.45, 7) is 2.33. The maximum atomic E-state index is 13.8. The minimum Gasteiger partial charge on any atom is -0.508 e. The lowest BCUT2D eigenvalue weighted by atomic mass is 10.0. The van der Waals surface area contributed by atoms with E-state index in [4.69, 9.17) is 4.74 Å². The molecular formula is C21H21F3N2O4. The standard InChI is InChI=1S/C21H21F3N2O4/c1-12(30-15-4-2-14(27)3-5-15)21(29)26-10-8-13(9-11-26)25-20(28)16-6-7-17(22)19(24)18(16)23/h2-7,12-13,27H,8-11H2,1H3,(H,25,28). The molecule has 1 saturated heterocycles. The summed E-state index contributed by atoms with van der Waals surface area (Å²) in [5, 5.41) is 11.9. The molecule has 1 aliphatic rings. The molecule has 2 aromatic carbocycles. The summed E-state index contributed by atoms with van der Waals surface area (Å²) >= 11 is 0. The number of carbonyl (C=O) groups is 2. The van der Waals surface area contributed by atoms with Gasteiger partial charge in [0.05, 0.1) is 5.56 Å². The number of aromatic hydroxyl groups is 1. The Morgan fingerprint density at radius 3 is 2.33 bits per heavy atom. The molecule has 0 radical (unpaired) electrons. The van der Waals surface area contributed by atoms with Crippen LogP contribution in [0.15, 0.2) is 36.4 Å². The predicted octanol–water partition coefficient (Wildman–Crippen LogP) is 3.00. The third-order valence-electron chi connectivity index (χ3n) is 4.92. The first-order valence-corrected chi connectivity index (χ1v) is 9.45. The van der Waals surface area contributed by atoms with Gasteiger partial charge in [-0.3, -0.25) is 9.59 Å². The lowest BCUT2D eigenvalue weighted by molar-refractivity contribution is -0.139. The minimum atomic E-state index is -1.69. The van der Waals surface area contributed by atoms with Crippen molar-refractivity contribution in [2.75, 3.05) is 13.1 Å². The topological polar surface area (TPSA) is 78.9 Å². The Morgan fingerprint density at radius 2 is 1.70 bits per heavy atom. The largest absolute Gasteiger partial charge is 0.508 e. The summed E-state index contributed by atoms with van der Waals surface area (Å²) in [4.78, 5) is 26.4. The SMILES string of the molecule is CC(Oc1ccc(O)cc1)C(=O)N1CCC(NC(=O)c2ccc(F)c(F)c2F)CC1. The number of likely N-dealkylation sites (tertiary alicyclic amines) is 1. The number of rotatable bonds is 5. The second-order valence-corrected chi connectivity index (χ2v) is 7.05. The van der Waals surface area contributed by atoms with Crippen molar-refractivity contribution in [1.29, 1.82) is 0 Å². The highest BCUT2D eigenvalue weighted by Gasteiger charge is 2.28. The normalized spacial score (nSPS) is 15.5. The summed E-state index contributed by atoms with van der Waals surface area (Å²) in [6.07, 6.45) is 0.112. The molecule has 9 heteroatoms. The Labute approximate surface area is 171 Å². The summed E-state index contributed by atoms with van der Waals surface area (Å²) in [6, 6.07) is 7.28. The van der Waals surface area contributed by atoms with Crippen LogP contribution in [0.3, 0.4) is 0 Å². The molecule has 30 heavy (non-hydrogen) atoms. The molecule has 0 aromatic heterocycles. The molecule has 3 rings (SSSR count). The number of amides is 2. The molecule has 2 aromatic rings. The van der Waals surface area contributed by atoms with Gasteiger partial charge in [0.25, 0.3) is 11.8 Å². The van der Waals surface area contributed by atoms with Crippen LogP contribution in [0.4, 0.5) is 13.2 Å². The van der Waals surface area contributed by atoms with Gasteiger partial charge in [0, 0.05) is 19.1 Å². The van der Waals surface area contributed by atoms with E-state index in [9.17, 15) is 27.9 Å². The van der Waals surface area contributed by atoms with Crippen molar-refractivity contribution in [2.24, 2.45) is 0 Å². The predicted molar refractivity (Wildman–Crippen MR) is 102 cm³/mol. The molecule has 160 valence electrons. The molecule has 0 bridgehead atoms. The maximum absolute atomic E-state index is 13.8. The average Bonchev–Trinajstić information content (AvgIpc) is 2.73. The van der Waals surface area contributed by atoms with Crippen molar-refractivity contribution in [2.45, 2.75) is 31.9 Å². The molecule has 0 aliphatic carbocycles. The molecule has 1 atom stereocenters. The van der Waals surface area contributed by atoms with Gasteiger partial charge in [-0.25, -0.2) is 13.2 Å². The van der Waals surface area contributed by atoms with Crippen LogP contribution in [-0.2, 0) is 4.79 Å². The van der Waals surface area contributed by atoms with Gasteiger partial charge in [-0.2, -0.15) is 0 Å². The highest BCUT2D eigenvalue weighted by atomic mass is 19.2. The molecule has 0 saturated carbocycles. The fourth-order valence-electron chi connectivity index (χ4n) is 3.24. The summed E-state index contributed by atoms with van der Waals surface area (Å²) in [7, 11) is 0. The number of phenolic OH excluding ortho intramolecular Hbond substituents is 1. The Balaban J connectivity index is 1.51. The zero-order chi connectivity index (χ0) is 21.8. The number of halogens is 3. The first kappa shape index (κ1) is 21.5. The minimum absolute atomic E-state index is 0.0914. The number of nitrogens with zero attached hydrogens (tertiary/aromatic N) is 1. The first-order valence-electron chi connectivity index (χ1n) is 9.45. The van der Waals surface area contributed by atoms with Crippen LogP contribution in [0.2, 0.25) is 0 Å². The molecule has 6 nitrogen and oxygen atoms in total. The lowest BCUT2D eigenvalue weighted by Crippen LogP contribution is -2.49. The van der Waals surface area contributed by atoms with Crippen LogP contribution in [0.1, 0.15) is 30.1 Å². The number of hydrogen-bond donors (Lipinski definition) is 2. The van der Waals surface area contributed by atoms with Crippen LogP contribution in [0.5, 0.6) is 11.5 Å². The molecule has 1 aliphatic heterocycles. The third-order valence-corrected chi connectivity index (χ3v) is 4.92. The maximum Gasteiger partial charge on any atom is 0.263 e. The Bertz CT molecular complexity index is 929. The highest BCUT2D eigenvalue weighted by molar-refractivity contribution is 5.94. The van der Waals surface area contributed by atoms with E-state index in [1.54, 1.807) is 24.0 Å². The van der Waals surface area contributed by atoms with E-state index >= 15 is 0 Å².